The van der Waals surface area contributed by atoms with Crippen LogP contribution < -0.4 is 5.32 Å². The molecule has 0 aliphatic carbocycles. The maximum absolute atomic E-state index is 13.0. The number of nitrogens with one attached hydrogen (secondary N) is 1. The van der Waals surface area contributed by atoms with Gasteiger partial charge in [-0.25, -0.2) is 9.07 Å². The van der Waals surface area contributed by atoms with Crippen molar-refractivity contribution in [2.24, 2.45) is 0 Å². The van der Waals surface area contributed by atoms with Crippen LogP contribution in [0.4, 0.5) is 4.39 Å². The van der Waals surface area contributed by atoms with Gasteiger partial charge >= 0.3 is 0 Å². The van der Waals surface area contributed by atoms with E-state index in [1.54, 1.807) is 23.9 Å². The molecule has 1 aromatic carbocycles. The number of nitrogens with zero attached hydrogens (tertiary/aromatic N) is 2. The van der Waals surface area contributed by atoms with E-state index in [0.717, 1.165) is 11.4 Å². The fourth-order valence-electron chi connectivity index (χ4n) is 2.30. The summed E-state index contributed by atoms with van der Waals surface area (Å²) in [6, 6.07) is 5.93. The Kier molecular flexibility index (Phi) is 5.27. The topological polar surface area (TPSA) is 56.1 Å². The molecule has 1 amide bonds. The highest BCUT2D eigenvalue weighted by Crippen LogP contribution is 2.16. The molecule has 0 radical (unpaired) electrons. The fourth-order valence-corrected chi connectivity index (χ4v) is 2.30. The molecule has 1 atom stereocenters. The van der Waals surface area contributed by atoms with Gasteiger partial charge in [0.15, 0.2) is 0 Å². The number of rotatable bonds is 6. The van der Waals surface area contributed by atoms with Crippen LogP contribution in [0, 0.1) is 5.82 Å². The number of hydrogen-bond donors (Lipinski definition) is 1. The van der Waals surface area contributed by atoms with Crippen LogP contribution in [0.25, 0.3) is 5.69 Å². The minimum Gasteiger partial charge on any atom is -0.383 e. The molecule has 0 saturated heterocycles. The van der Waals surface area contributed by atoms with Gasteiger partial charge in [0.2, 0.25) is 0 Å². The first-order chi connectivity index (χ1) is 10.6. The molecule has 118 valence electrons. The highest BCUT2D eigenvalue weighted by Gasteiger charge is 2.18. The molecule has 5 nitrogen and oxygen atoms in total. The molecule has 1 aromatic heterocycles. The first-order valence-electron chi connectivity index (χ1n) is 7.19. The van der Waals surface area contributed by atoms with Gasteiger partial charge in [-0.05, 0) is 37.6 Å². The number of carbonyl (C=O) groups is 1. The lowest BCUT2D eigenvalue weighted by atomic mass is 10.1. The van der Waals surface area contributed by atoms with Crippen molar-refractivity contribution < 1.29 is 13.9 Å². The summed E-state index contributed by atoms with van der Waals surface area (Å²) in [5.74, 6) is -0.491. The van der Waals surface area contributed by atoms with E-state index in [4.69, 9.17) is 4.74 Å². The second-order valence-corrected chi connectivity index (χ2v) is 5.08. The summed E-state index contributed by atoms with van der Waals surface area (Å²) < 4.78 is 19.7. The van der Waals surface area contributed by atoms with Gasteiger partial charge in [0.05, 0.1) is 29.7 Å². The molecule has 0 saturated carbocycles. The number of aromatic nitrogens is 2. The zero-order valence-electron chi connectivity index (χ0n) is 13.0. The maximum Gasteiger partial charge on any atom is 0.255 e. The largest absolute Gasteiger partial charge is 0.383 e. The van der Waals surface area contributed by atoms with Gasteiger partial charge in [0.25, 0.3) is 5.91 Å². The van der Waals surface area contributed by atoms with E-state index >= 15 is 0 Å². The lowest BCUT2D eigenvalue weighted by Gasteiger charge is -2.13. The van der Waals surface area contributed by atoms with E-state index in [1.807, 2.05) is 13.8 Å². The third-order valence-corrected chi connectivity index (χ3v) is 3.31. The van der Waals surface area contributed by atoms with Gasteiger partial charge in [-0.15, -0.1) is 0 Å². The van der Waals surface area contributed by atoms with E-state index in [2.05, 4.69) is 10.4 Å². The highest BCUT2D eigenvalue weighted by atomic mass is 19.1. The second kappa shape index (κ2) is 7.17. The summed E-state index contributed by atoms with van der Waals surface area (Å²) in [6.45, 7) is 4.27. The van der Waals surface area contributed by atoms with Crippen LogP contribution >= 0.6 is 0 Å². The average Bonchev–Trinajstić information content (AvgIpc) is 2.92. The maximum atomic E-state index is 13.0. The van der Waals surface area contributed by atoms with Crippen LogP contribution in [-0.2, 0) is 11.2 Å². The van der Waals surface area contributed by atoms with Gasteiger partial charge in [0.1, 0.15) is 5.82 Å². The summed E-state index contributed by atoms with van der Waals surface area (Å²) in [7, 11) is 1.59. The monoisotopic (exact) mass is 305 g/mol. The number of halogens is 1. The SMILES string of the molecule is CCc1c(C(=O)N[C@@H](C)COC)cnn1-c1ccc(F)cc1. The summed E-state index contributed by atoms with van der Waals surface area (Å²) in [4.78, 5) is 12.3. The molecule has 0 unspecified atom stereocenters. The quantitative estimate of drug-likeness (QED) is 0.891. The number of carbonyl (C=O) groups excluding carboxylic acids is 1. The molecule has 2 rings (SSSR count). The summed E-state index contributed by atoms with van der Waals surface area (Å²) in [5, 5.41) is 7.13. The minimum atomic E-state index is -0.305. The number of ether oxygens (including phenoxy) is 1. The molecule has 1 heterocycles. The van der Waals surface area contributed by atoms with Crippen molar-refractivity contribution in [3.63, 3.8) is 0 Å². The predicted molar refractivity (Wildman–Crippen MR) is 81.7 cm³/mol. The molecule has 0 aliphatic heterocycles. The summed E-state index contributed by atoms with van der Waals surface area (Å²) in [5.41, 5.74) is 2.03. The van der Waals surface area contributed by atoms with E-state index in [1.165, 1.54) is 18.3 Å². The molecule has 1 N–H and O–H groups in total. The number of methoxy groups -OCH3 is 1. The molecular weight excluding hydrogens is 285 g/mol. The number of benzene rings is 1. The lowest BCUT2D eigenvalue weighted by Crippen LogP contribution is -2.35. The highest BCUT2D eigenvalue weighted by molar-refractivity contribution is 5.95. The van der Waals surface area contributed by atoms with Gasteiger partial charge in [0, 0.05) is 13.2 Å². The van der Waals surface area contributed by atoms with Gasteiger partial charge in [-0.2, -0.15) is 5.10 Å². The van der Waals surface area contributed by atoms with Gasteiger partial charge < -0.3 is 10.1 Å². The third-order valence-electron chi connectivity index (χ3n) is 3.31. The average molecular weight is 305 g/mol. The summed E-state index contributed by atoms with van der Waals surface area (Å²) >= 11 is 0. The van der Waals surface area contributed by atoms with Crippen molar-refractivity contribution in [3.8, 4) is 5.69 Å². The van der Waals surface area contributed by atoms with Gasteiger partial charge in [-0.3, -0.25) is 4.79 Å². The van der Waals surface area contributed by atoms with E-state index in [0.29, 0.717) is 18.6 Å². The summed E-state index contributed by atoms with van der Waals surface area (Å²) in [6.07, 6.45) is 2.18. The standard InChI is InChI=1S/C16H20FN3O2/c1-4-15-14(16(21)19-11(2)10-22-3)9-18-20(15)13-7-5-12(17)6-8-13/h5-9,11H,4,10H2,1-3H3,(H,19,21)/t11-/m0/s1. The smallest absolute Gasteiger partial charge is 0.255 e. The Morgan fingerprint density at radius 1 is 1.41 bits per heavy atom. The van der Waals surface area contributed by atoms with Crippen LogP contribution in [0.3, 0.4) is 0 Å². The first kappa shape index (κ1) is 16.2. The van der Waals surface area contributed by atoms with Crippen molar-refractivity contribution in [3.05, 3.63) is 47.5 Å². The molecule has 0 spiro atoms. The fraction of sp³-hybridized carbons (Fsp3) is 0.375. The Morgan fingerprint density at radius 3 is 2.68 bits per heavy atom. The molecule has 22 heavy (non-hydrogen) atoms. The zero-order chi connectivity index (χ0) is 16.1. The number of hydrogen-bond acceptors (Lipinski definition) is 3. The van der Waals surface area contributed by atoms with Crippen molar-refractivity contribution in [1.82, 2.24) is 15.1 Å². The Labute approximate surface area is 129 Å². The number of amides is 1. The predicted octanol–water partition coefficient (Wildman–Crippen LogP) is 2.34. The first-order valence-corrected chi connectivity index (χ1v) is 7.19. The van der Waals surface area contributed by atoms with E-state index in [-0.39, 0.29) is 17.8 Å². The van der Waals surface area contributed by atoms with Crippen LogP contribution in [0.15, 0.2) is 30.5 Å². The lowest BCUT2D eigenvalue weighted by molar-refractivity contribution is 0.0904. The van der Waals surface area contributed by atoms with E-state index in [9.17, 15) is 9.18 Å². The molecule has 6 heteroatoms. The molecule has 0 aliphatic rings. The van der Waals surface area contributed by atoms with Crippen LogP contribution in [0.2, 0.25) is 0 Å². The Bertz CT molecular complexity index is 637. The molecular formula is C16H20FN3O2. The second-order valence-electron chi connectivity index (χ2n) is 5.08. The zero-order valence-corrected chi connectivity index (χ0v) is 13.0. The van der Waals surface area contributed by atoms with Crippen LogP contribution in [-0.4, -0.2) is 35.4 Å². The molecule has 2 aromatic rings. The Hall–Kier alpha value is -2.21. The van der Waals surface area contributed by atoms with Crippen LogP contribution in [0.1, 0.15) is 29.9 Å². The third kappa shape index (κ3) is 3.51. The Morgan fingerprint density at radius 2 is 2.09 bits per heavy atom. The minimum absolute atomic E-state index is 0.0867. The van der Waals surface area contributed by atoms with Crippen molar-refractivity contribution in [2.45, 2.75) is 26.3 Å². The normalized spacial score (nSPS) is 12.2. The molecule has 0 fully saturated rings. The van der Waals surface area contributed by atoms with Crippen molar-refractivity contribution >= 4 is 5.91 Å². The van der Waals surface area contributed by atoms with Crippen molar-refractivity contribution in [2.75, 3.05) is 13.7 Å². The van der Waals surface area contributed by atoms with Crippen molar-refractivity contribution in [1.29, 1.82) is 0 Å². The van der Waals surface area contributed by atoms with Gasteiger partial charge in [-0.1, -0.05) is 6.92 Å². The van der Waals surface area contributed by atoms with Crippen LogP contribution in [0.5, 0.6) is 0 Å². The molecule has 0 bridgehead atoms. The van der Waals surface area contributed by atoms with E-state index < -0.39 is 0 Å². The Balaban J connectivity index is 2.27.